The SMILES string of the molecule is C#CC(C)(c1ccc(Cl)cc1)c1nc(NC(=O)c2c(F)cc(N3CCNCC3)cc2F)sc1Cl. The summed E-state index contributed by atoms with van der Waals surface area (Å²) in [5.74, 6) is -0.175. The molecule has 1 aliphatic rings. The van der Waals surface area contributed by atoms with E-state index in [-0.39, 0.29) is 9.47 Å². The average Bonchev–Trinajstić information content (AvgIpc) is 3.19. The van der Waals surface area contributed by atoms with Gasteiger partial charge in [0.15, 0.2) is 5.13 Å². The van der Waals surface area contributed by atoms with Gasteiger partial charge in [-0.15, -0.1) is 6.42 Å². The maximum atomic E-state index is 14.8. The Kier molecular flexibility index (Phi) is 7.10. The van der Waals surface area contributed by atoms with Gasteiger partial charge in [0, 0.05) is 36.9 Å². The molecule has 2 heterocycles. The maximum Gasteiger partial charge on any atom is 0.263 e. The number of benzene rings is 2. The van der Waals surface area contributed by atoms with Crippen LogP contribution >= 0.6 is 34.5 Å². The number of thiazole rings is 1. The van der Waals surface area contributed by atoms with Crippen molar-refractivity contribution in [1.29, 1.82) is 0 Å². The lowest BCUT2D eigenvalue weighted by Gasteiger charge is -2.29. The van der Waals surface area contributed by atoms with Gasteiger partial charge in [-0.25, -0.2) is 13.8 Å². The van der Waals surface area contributed by atoms with Gasteiger partial charge in [-0.1, -0.05) is 52.6 Å². The molecule has 0 saturated carbocycles. The lowest BCUT2D eigenvalue weighted by Crippen LogP contribution is -2.43. The molecule has 10 heteroatoms. The van der Waals surface area contributed by atoms with Crippen molar-refractivity contribution in [2.75, 3.05) is 36.4 Å². The van der Waals surface area contributed by atoms with Crippen LogP contribution in [0.15, 0.2) is 36.4 Å². The third-order valence-corrected chi connectivity index (χ3v) is 7.15. The first-order chi connectivity index (χ1) is 16.2. The van der Waals surface area contributed by atoms with Crippen LogP contribution in [-0.2, 0) is 5.41 Å². The highest BCUT2D eigenvalue weighted by molar-refractivity contribution is 7.19. The number of halogens is 4. The Morgan fingerprint density at radius 1 is 1.21 bits per heavy atom. The molecule has 4 rings (SSSR count). The molecule has 1 atom stereocenters. The van der Waals surface area contributed by atoms with E-state index < -0.39 is 28.5 Å². The Morgan fingerprint density at radius 2 is 1.82 bits per heavy atom. The van der Waals surface area contributed by atoms with E-state index in [1.165, 1.54) is 12.1 Å². The molecule has 2 N–H and O–H groups in total. The molecule has 2 aromatic carbocycles. The first-order valence-electron chi connectivity index (χ1n) is 10.4. The van der Waals surface area contributed by atoms with Crippen molar-refractivity contribution in [2.45, 2.75) is 12.3 Å². The summed E-state index contributed by atoms with van der Waals surface area (Å²) in [7, 11) is 0. The van der Waals surface area contributed by atoms with Crippen LogP contribution in [0.1, 0.15) is 28.5 Å². The van der Waals surface area contributed by atoms with E-state index in [2.05, 4.69) is 21.5 Å². The van der Waals surface area contributed by atoms with Gasteiger partial charge in [0.2, 0.25) is 0 Å². The number of carbonyl (C=O) groups is 1. The molecule has 34 heavy (non-hydrogen) atoms. The van der Waals surface area contributed by atoms with Gasteiger partial charge in [0.1, 0.15) is 21.5 Å². The molecule has 1 saturated heterocycles. The normalized spacial score (nSPS) is 15.5. The number of amides is 1. The van der Waals surface area contributed by atoms with Crippen LogP contribution in [0.5, 0.6) is 0 Å². The topological polar surface area (TPSA) is 57.3 Å². The molecule has 0 spiro atoms. The van der Waals surface area contributed by atoms with Crippen molar-refractivity contribution in [3.05, 3.63) is 74.2 Å². The number of nitrogens with zero attached hydrogens (tertiary/aromatic N) is 2. The van der Waals surface area contributed by atoms with Crippen LogP contribution in [0.3, 0.4) is 0 Å². The highest BCUT2D eigenvalue weighted by Gasteiger charge is 2.33. The molecule has 0 aliphatic carbocycles. The monoisotopic (exact) mass is 520 g/mol. The molecule has 3 aromatic rings. The zero-order chi connectivity index (χ0) is 24.5. The first-order valence-corrected chi connectivity index (χ1v) is 12.0. The van der Waals surface area contributed by atoms with Crippen LogP contribution < -0.4 is 15.5 Å². The quantitative estimate of drug-likeness (QED) is 0.446. The number of hydrogen-bond donors (Lipinski definition) is 2. The second-order valence-corrected chi connectivity index (χ2v) is 9.93. The summed E-state index contributed by atoms with van der Waals surface area (Å²) < 4.78 is 29.8. The lowest BCUT2D eigenvalue weighted by molar-refractivity contribution is 0.101. The second kappa shape index (κ2) is 9.88. The van der Waals surface area contributed by atoms with Crippen molar-refractivity contribution in [3.8, 4) is 12.3 Å². The van der Waals surface area contributed by atoms with Crippen molar-refractivity contribution in [3.63, 3.8) is 0 Å². The molecule has 1 aliphatic heterocycles. The zero-order valence-corrected chi connectivity index (χ0v) is 20.4. The minimum absolute atomic E-state index is 0.0745. The molecular formula is C24H20Cl2F2N4OS. The number of terminal acetylenes is 1. The summed E-state index contributed by atoms with van der Waals surface area (Å²) in [5, 5.41) is 6.25. The van der Waals surface area contributed by atoms with Gasteiger partial charge in [-0.2, -0.15) is 0 Å². The highest BCUT2D eigenvalue weighted by atomic mass is 35.5. The summed E-state index contributed by atoms with van der Waals surface area (Å²) in [6.45, 7) is 4.42. The Balaban J connectivity index is 1.59. The molecule has 1 unspecified atom stereocenters. The summed E-state index contributed by atoms with van der Waals surface area (Å²) in [6, 6.07) is 9.26. The van der Waals surface area contributed by atoms with E-state index in [1.54, 1.807) is 31.2 Å². The molecule has 5 nitrogen and oxygen atoms in total. The van der Waals surface area contributed by atoms with Crippen LogP contribution in [0, 0.1) is 24.0 Å². The van der Waals surface area contributed by atoms with Crippen molar-refractivity contribution >= 4 is 51.3 Å². The number of nitrogens with one attached hydrogen (secondary N) is 2. The number of anilines is 2. The fourth-order valence-electron chi connectivity index (χ4n) is 3.78. The van der Waals surface area contributed by atoms with E-state index >= 15 is 0 Å². The summed E-state index contributed by atoms with van der Waals surface area (Å²) in [6.07, 6.45) is 5.82. The standard InChI is InChI=1S/C24H20Cl2F2N4OS/c1-3-24(2,14-4-6-15(25)7-5-14)20-21(26)34-23(30-20)31-22(33)19-17(27)12-16(13-18(19)28)32-10-8-29-9-11-32/h1,4-7,12-13,29H,8-11H2,2H3,(H,30,31,33). The van der Waals surface area contributed by atoms with Crippen molar-refractivity contribution in [2.24, 2.45) is 0 Å². The van der Waals surface area contributed by atoms with Crippen LogP contribution in [0.4, 0.5) is 19.6 Å². The van der Waals surface area contributed by atoms with Gasteiger partial charge in [0.25, 0.3) is 5.91 Å². The third kappa shape index (κ3) is 4.75. The van der Waals surface area contributed by atoms with E-state index in [1.807, 2.05) is 4.90 Å². The molecule has 0 radical (unpaired) electrons. The van der Waals surface area contributed by atoms with Crippen molar-refractivity contribution in [1.82, 2.24) is 10.3 Å². The van der Waals surface area contributed by atoms with E-state index in [9.17, 15) is 13.6 Å². The first kappa shape index (κ1) is 24.4. The van der Waals surface area contributed by atoms with Gasteiger partial charge >= 0.3 is 0 Å². The number of aromatic nitrogens is 1. The van der Waals surface area contributed by atoms with Gasteiger partial charge in [-0.05, 0) is 36.8 Å². The Labute approximate surface area is 210 Å². The van der Waals surface area contributed by atoms with Crippen LogP contribution in [0.2, 0.25) is 9.36 Å². The predicted octanol–water partition coefficient (Wildman–Crippen LogP) is 5.33. The summed E-state index contributed by atoms with van der Waals surface area (Å²) in [4.78, 5) is 19.0. The predicted molar refractivity (Wildman–Crippen MR) is 133 cm³/mol. The highest BCUT2D eigenvalue weighted by Crippen LogP contribution is 2.40. The third-order valence-electron chi connectivity index (χ3n) is 5.73. The van der Waals surface area contributed by atoms with Gasteiger partial charge in [0.05, 0.1) is 11.1 Å². The lowest BCUT2D eigenvalue weighted by atomic mass is 9.81. The Hall–Kier alpha value is -2.70. The molecule has 1 fully saturated rings. The van der Waals surface area contributed by atoms with E-state index in [4.69, 9.17) is 29.6 Å². The fraction of sp³-hybridized carbons (Fsp3) is 0.250. The van der Waals surface area contributed by atoms with Gasteiger partial charge in [-0.3, -0.25) is 10.1 Å². The van der Waals surface area contributed by atoms with Crippen LogP contribution in [0.25, 0.3) is 0 Å². The second-order valence-electron chi connectivity index (χ2n) is 7.89. The maximum absolute atomic E-state index is 14.8. The largest absolute Gasteiger partial charge is 0.369 e. The fourth-order valence-corrected chi connectivity index (χ4v) is 5.15. The van der Waals surface area contributed by atoms with E-state index in [0.717, 1.165) is 16.9 Å². The summed E-state index contributed by atoms with van der Waals surface area (Å²) in [5.41, 5.74) is -0.244. The number of piperazine rings is 1. The number of carbonyl (C=O) groups excluding carboxylic acids is 1. The molecule has 0 bridgehead atoms. The van der Waals surface area contributed by atoms with Crippen molar-refractivity contribution < 1.29 is 13.6 Å². The Bertz CT molecular complexity index is 1250. The number of rotatable bonds is 5. The molecule has 1 amide bonds. The van der Waals surface area contributed by atoms with Crippen LogP contribution in [-0.4, -0.2) is 37.1 Å². The zero-order valence-electron chi connectivity index (χ0n) is 18.1. The smallest absolute Gasteiger partial charge is 0.263 e. The van der Waals surface area contributed by atoms with Gasteiger partial charge < -0.3 is 10.2 Å². The minimum Gasteiger partial charge on any atom is -0.369 e. The minimum atomic E-state index is -1.01. The summed E-state index contributed by atoms with van der Waals surface area (Å²) >= 11 is 13.3. The number of hydrogen-bond acceptors (Lipinski definition) is 5. The molecule has 1 aromatic heterocycles. The molecule has 176 valence electrons. The van der Waals surface area contributed by atoms with E-state index in [0.29, 0.717) is 42.6 Å². The molecular weight excluding hydrogens is 501 g/mol. The average molecular weight is 521 g/mol. The Morgan fingerprint density at radius 3 is 2.41 bits per heavy atom.